The Balaban J connectivity index is 1.79. The molecule has 2 aliphatic rings. The fraction of sp³-hybridized carbons (Fsp3) is 0.429. The molecule has 1 aromatic rings. The molecule has 2 aliphatic heterocycles. The second kappa shape index (κ2) is 4.53. The first-order chi connectivity index (χ1) is 8.77. The number of hydrogen-bond donors (Lipinski definition) is 1. The van der Waals surface area contributed by atoms with Crippen molar-refractivity contribution in [3.63, 3.8) is 0 Å². The number of amides is 2. The van der Waals surface area contributed by atoms with Gasteiger partial charge in [0.2, 0.25) is 0 Å². The van der Waals surface area contributed by atoms with Crippen molar-refractivity contribution >= 4 is 11.8 Å². The molecule has 3 rings (SSSR count). The molecule has 0 aliphatic carbocycles. The van der Waals surface area contributed by atoms with Crippen molar-refractivity contribution in [2.75, 3.05) is 13.1 Å². The lowest BCUT2D eigenvalue weighted by Crippen LogP contribution is -2.45. The second-order valence-electron chi connectivity index (χ2n) is 4.91. The van der Waals surface area contributed by atoms with E-state index in [1.807, 2.05) is 0 Å². The summed E-state index contributed by atoms with van der Waals surface area (Å²) in [6, 6.07) is 7.30. The molecule has 1 saturated heterocycles. The molecule has 2 amide bonds. The van der Waals surface area contributed by atoms with Gasteiger partial charge in [0.1, 0.15) is 0 Å². The average Bonchev–Trinajstić information content (AvgIpc) is 2.66. The molecular formula is C14H16N2O2. The van der Waals surface area contributed by atoms with Gasteiger partial charge < -0.3 is 5.32 Å². The predicted molar refractivity (Wildman–Crippen MR) is 67.5 cm³/mol. The van der Waals surface area contributed by atoms with Gasteiger partial charge in [0.25, 0.3) is 11.8 Å². The summed E-state index contributed by atoms with van der Waals surface area (Å²) in [6.07, 6.45) is 3.38. The van der Waals surface area contributed by atoms with Gasteiger partial charge in [-0.2, -0.15) is 0 Å². The summed E-state index contributed by atoms with van der Waals surface area (Å²) >= 11 is 0. The summed E-state index contributed by atoms with van der Waals surface area (Å²) in [5, 5.41) is 3.37. The molecule has 2 heterocycles. The molecule has 94 valence electrons. The molecule has 0 bridgehead atoms. The van der Waals surface area contributed by atoms with Crippen LogP contribution in [-0.2, 0) is 0 Å². The van der Waals surface area contributed by atoms with Gasteiger partial charge in [0.05, 0.1) is 11.1 Å². The SMILES string of the molecule is O=C1c2ccccc2C(=O)N1CC1CCCCN1. The van der Waals surface area contributed by atoms with E-state index < -0.39 is 0 Å². The van der Waals surface area contributed by atoms with Gasteiger partial charge in [-0.3, -0.25) is 14.5 Å². The summed E-state index contributed by atoms with van der Waals surface area (Å²) in [5.41, 5.74) is 1.08. The molecular weight excluding hydrogens is 228 g/mol. The van der Waals surface area contributed by atoms with Crippen LogP contribution in [0, 0.1) is 0 Å². The van der Waals surface area contributed by atoms with Crippen molar-refractivity contribution in [2.24, 2.45) is 0 Å². The zero-order chi connectivity index (χ0) is 12.5. The minimum atomic E-state index is -0.150. The van der Waals surface area contributed by atoms with E-state index in [9.17, 15) is 9.59 Å². The van der Waals surface area contributed by atoms with E-state index in [4.69, 9.17) is 0 Å². The van der Waals surface area contributed by atoms with E-state index in [2.05, 4.69) is 5.32 Å². The van der Waals surface area contributed by atoms with Gasteiger partial charge >= 0.3 is 0 Å². The van der Waals surface area contributed by atoms with E-state index in [1.165, 1.54) is 17.7 Å². The third-order valence-corrected chi connectivity index (χ3v) is 3.69. The maximum absolute atomic E-state index is 12.2. The quantitative estimate of drug-likeness (QED) is 0.801. The summed E-state index contributed by atoms with van der Waals surface area (Å²) < 4.78 is 0. The molecule has 0 spiro atoms. The number of imide groups is 1. The molecule has 4 nitrogen and oxygen atoms in total. The molecule has 0 radical (unpaired) electrons. The molecule has 0 aromatic heterocycles. The van der Waals surface area contributed by atoms with E-state index in [0.717, 1.165) is 13.0 Å². The fourth-order valence-corrected chi connectivity index (χ4v) is 2.71. The van der Waals surface area contributed by atoms with Crippen LogP contribution in [0.25, 0.3) is 0 Å². The number of benzene rings is 1. The van der Waals surface area contributed by atoms with E-state index in [0.29, 0.717) is 17.7 Å². The molecule has 18 heavy (non-hydrogen) atoms. The van der Waals surface area contributed by atoms with Gasteiger partial charge in [-0.15, -0.1) is 0 Å². The standard InChI is InChI=1S/C14H16N2O2/c17-13-11-6-1-2-7-12(11)14(18)16(13)9-10-5-3-4-8-15-10/h1-2,6-7,10,15H,3-5,8-9H2. The van der Waals surface area contributed by atoms with Crippen molar-refractivity contribution < 1.29 is 9.59 Å². The Morgan fingerprint density at radius 1 is 1.11 bits per heavy atom. The van der Waals surface area contributed by atoms with Crippen molar-refractivity contribution in [3.8, 4) is 0 Å². The van der Waals surface area contributed by atoms with Crippen LogP contribution in [-0.4, -0.2) is 35.8 Å². The normalized spacial score (nSPS) is 23.3. The number of fused-ring (bicyclic) bond motifs is 1. The summed E-state index contributed by atoms with van der Waals surface area (Å²) in [4.78, 5) is 25.7. The number of nitrogens with one attached hydrogen (secondary N) is 1. The maximum Gasteiger partial charge on any atom is 0.261 e. The van der Waals surface area contributed by atoms with Gasteiger partial charge in [0.15, 0.2) is 0 Å². The minimum Gasteiger partial charge on any atom is -0.312 e. The molecule has 0 saturated carbocycles. The van der Waals surface area contributed by atoms with Crippen molar-refractivity contribution in [3.05, 3.63) is 35.4 Å². The zero-order valence-corrected chi connectivity index (χ0v) is 10.2. The smallest absolute Gasteiger partial charge is 0.261 e. The number of carbonyl (C=O) groups excluding carboxylic acids is 2. The Bertz CT molecular complexity index is 457. The van der Waals surface area contributed by atoms with Gasteiger partial charge in [-0.05, 0) is 31.5 Å². The number of carbonyl (C=O) groups is 2. The highest BCUT2D eigenvalue weighted by Gasteiger charge is 2.36. The first-order valence-electron chi connectivity index (χ1n) is 6.46. The predicted octanol–water partition coefficient (Wildman–Crippen LogP) is 1.42. The lowest BCUT2D eigenvalue weighted by atomic mass is 10.0. The summed E-state index contributed by atoms with van der Waals surface area (Å²) in [6.45, 7) is 1.47. The van der Waals surface area contributed by atoms with Crippen molar-refractivity contribution in [1.82, 2.24) is 10.2 Å². The van der Waals surface area contributed by atoms with Crippen molar-refractivity contribution in [1.29, 1.82) is 0 Å². The fourth-order valence-electron chi connectivity index (χ4n) is 2.71. The third kappa shape index (κ3) is 1.82. The lowest BCUT2D eigenvalue weighted by Gasteiger charge is -2.26. The highest BCUT2D eigenvalue weighted by Crippen LogP contribution is 2.23. The summed E-state index contributed by atoms with van der Waals surface area (Å²) in [7, 11) is 0. The largest absolute Gasteiger partial charge is 0.312 e. The summed E-state index contributed by atoms with van der Waals surface area (Å²) in [5.74, 6) is -0.300. The Morgan fingerprint density at radius 2 is 1.78 bits per heavy atom. The van der Waals surface area contributed by atoms with E-state index >= 15 is 0 Å². The van der Waals surface area contributed by atoms with Crippen LogP contribution in [0.15, 0.2) is 24.3 Å². The number of piperidine rings is 1. The Kier molecular flexibility index (Phi) is 2.88. The van der Waals surface area contributed by atoms with Crippen LogP contribution < -0.4 is 5.32 Å². The van der Waals surface area contributed by atoms with Crippen LogP contribution in [0.3, 0.4) is 0 Å². The van der Waals surface area contributed by atoms with Crippen LogP contribution in [0.4, 0.5) is 0 Å². The number of hydrogen-bond acceptors (Lipinski definition) is 3. The molecule has 1 fully saturated rings. The second-order valence-corrected chi connectivity index (χ2v) is 4.91. The molecule has 1 N–H and O–H groups in total. The number of rotatable bonds is 2. The minimum absolute atomic E-state index is 0.150. The average molecular weight is 244 g/mol. The van der Waals surface area contributed by atoms with E-state index in [-0.39, 0.29) is 17.9 Å². The Hall–Kier alpha value is -1.68. The van der Waals surface area contributed by atoms with Crippen molar-refractivity contribution in [2.45, 2.75) is 25.3 Å². The van der Waals surface area contributed by atoms with Gasteiger partial charge in [-0.25, -0.2) is 0 Å². The van der Waals surface area contributed by atoms with E-state index in [1.54, 1.807) is 24.3 Å². The molecule has 1 atom stereocenters. The molecule has 1 unspecified atom stereocenters. The van der Waals surface area contributed by atoms with Crippen LogP contribution in [0.2, 0.25) is 0 Å². The Labute approximate surface area is 106 Å². The topological polar surface area (TPSA) is 49.4 Å². The first-order valence-corrected chi connectivity index (χ1v) is 6.46. The van der Waals surface area contributed by atoms with Crippen LogP contribution in [0.1, 0.15) is 40.0 Å². The van der Waals surface area contributed by atoms with Gasteiger partial charge in [0, 0.05) is 12.6 Å². The molecule has 1 aromatic carbocycles. The third-order valence-electron chi connectivity index (χ3n) is 3.69. The highest BCUT2D eigenvalue weighted by atomic mass is 16.2. The monoisotopic (exact) mass is 244 g/mol. The zero-order valence-electron chi connectivity index (χ0n) is 10.2. The molecule has 4 heteroatoms. The maximum atomic E-state index is 12.2. The number of nitrogens with zero attached hydrogens (tertiary/aromatic N) is 1. The highest BCUT2D eigenvalue weighted by molar-refractivity contribution is 6.21. The van der Waals surface area contributed by atoms with Crippen LogP contribution >= 0.6 is 0 Å². The first kappa shape index (κ1) is 11.4. The van der Waals surface area contributed by atoms with Crippen LogP contribution in [0.5, 0.6) is 0 Å². The van der Waals surface area contributed by atoms with Gasteiger partial charge in [-0.1, -0.05) is 18.6 Å². The Morgan fingerprint density at radius 3 is 2.33 bits per heavy atom. The lowest BCUT2D eigenvalue weighted by molar-refractivity contribution is 0.0632.